The Hall–Kier alpha value is -1.88. The molecular formula is C13H12ClN3O2. The van der Waals surface area contributed by atoms with Crippen LogP contribution in [0.25, 0.3) is 0 Å². The second kappa shape index (κ2) is 5.01. The summed E-state index contributed by atoms with van der Waals surface area (Å²) in [5.41, 5.74) is 0.612. The van der Waals surface area contributed by atoms with Crippen LogP contribution in [0.4, 0.5) is 0 Å². The highest BCUT2D eigenvalue weighted by molar-refractivity contribution is 6.30. The van der Waals surface area contributed by atoms with E-state index in [0.29, 0.717) is 29.5 Å². The lowest BCUT2D eigenvalue weighted by Gasteiger charge is -2.15. The van der Waals surface area contributed by atoms with Gasteiger partial charge in [-0.3, -0.25) is 4.79 Å². The standard InChI is InChI=1S/C13H12ClN3O2/c14-11-3-1-2-9(6-11)13(18)17-5-4-10(7-17)12-15-8-19-16-12/h1-3,6,8,10H,4-5,7H2. The maximum Gasteiger partial charge on any atom is 0.253 e. The number of benzene rings is 1. The number of carbonyl (C=O) groups excluding carboxylic acids is 1. The van der Waals surface area contributed by atoms with Gasteiger partial charge in [-0.05, 0) is 24.6 Å². The van der Waals surface area contributed by atoms with Gasteiger partial charge in [-0.15, -0.1) is 0 Å². The molecule has 3 rings (SSSR count). The number of hydrogen-bond acceptors (Lipinski definition) is 4. The van der Waals surface area contributed by atoms with E-state index < -0.39 is 0 Å². The molecule has 1 fully saturated rings. The molecule has 1 aliphatic heterocycles. The van der Waals surface area contributed by atoms with Crippen molar-refractivity contribution in [2.45, 2.75) is 12.3 Å². The van der Waals surface area contributed by atoms with Crippen LogP contribution in [0.5, 0.6) is 0 Å². The van der Waals surface area contributed by atoms with Crippen molar-refractivity contribution < 1.29 is 9.32 Å². The summed E-state index contributed by atoms with van der Waals surface area (Å²) in [4.78, 5) is 18.2. The molecule has 2 heterocycles. The number of likely N-dealkylation sites (tertiary alicyclic amines) is 1. The molecule has 0 aliphatic carbocycles. The highest BCUT2D eigenvalue weighted by atomic mass is 35.5. The largest absolute Gasteiger partial charge is 0.343 e. The van der Waals surface area contributed by atoms with Crippen molar-refractivity contribution in [3.05, 3.63) is 47.1 Å². The van der Waals surface area contributed by atoms with Crippen LogP contribution in [0.2, 0.25) is 5.02 Å². The van der Waals surface area contributed by atoms with Crippen LogP contribution in [-0.2, 0) is 0 Å². The number of amides is 1. The SMILES string of the molecule is O=C(c1cccc(Cl)c1)N1CCC(c2ncon2)C1. The Bertz CT molecular complexity index is 585. The Morgan fingerprint density at radius 2 is 2.37 bits per heavy atom. The third-order valence-electron chi connectivity index (χ3n) is 3.29. The third-order valence-corrected chi connectivity index (χ3v) is 3.53. The first-order valence-corrected chi connectivity index (χ1v) is 6.43. The quantitative estimate of drug-likeness (QED) is 0.845. The van der Waals surface area contributed by atoms with Gasteiger partial charge in [-0.2, -0.15) is 4.98 Å². The molecule has 1 unspecified atom stereocenters. The van der Waals surface area contributed by atoms with E-state index in [0.717, 1.165) is 6.42 Å². The summed E-state index contributed by atoms with van der Waals surface area (Å²) in [7, 11) is 0. The van der Waals surface area contributed by atoms with Gasteiger partial charge in [0.25, 0.3) is 5.91 Å². The number of halogens is 1. The van der Waals surface area contributed by atoms with Gasteiger partial charge in [0.1, 0.15) is 0 Å². The predicted octanol–water partition coefficient (Wildman–Crippen LogP) is 2.35. The Kier molecular flexibility index (Phi) is 3.21. The van der Waals surface area contributed by atoms with Gasteiger partial charge < -0.3 is 9.42 Å². The van der Waals surface area contributed by atoms with Crippen molar-refractivity contribution in [2.24, 2.45) is 0 Å². The normalized spacial score (nSPS) is 18.8. The van der Waals surface area contributed by atoms with E-state index in [1.54, 1.807) is 29.2 Å². The van der Waals surface area contributed by atoms with Crippen molar-refractivity contribution in [2.75, 3.05) is 13.1 Å². The van der Waals surface area contributed by atoms with E-state index in [-0.39, 0.29) is 11.8 Å². The molecule has 19 heavy (non-hydrogen) atoms. The average molecular weight is 278 g/mol. The van der Waals surface area contributed by atoms with E-state index in [1.165, 1.54) is 6.39 Å². The average Bonchev–Trinajstić information content (AvgIpc) is 3.08. The first-order valence-electron chi connectivity index (χ1n) is 6.05. The summed E-state index contributed by atoms with van der Waals surface area (Å²) >= 11 is 5.90. The number of nitrogens with zero attached hydrogens (tertiary/aromatic N) is 3. The molecule has 1 aromatic carbocycles. The van der Waals surface area contributed by atoms with E-state index in [9.17, 15) is 4.79 Å². The van der Waals surface area contributed by atoms with Crippen LogP contribution in [-0.4, -0.2) is 34.0 Å². The highest BCUT2D eigenvalue weighted by Crippen LogP contribution is 2.26. The molecule has 1 saturated heterocycles. The molecule has 0 spiro atoms. The fraction of sp³-hybridized carbons (Fsp3) is 0.308. The van der Waals surface area contributed by atoms with Crippen molar-refractivity contribution in [3.63, 3.8) is 0 Å². The van der Waals surface area contributed by atoms with E-state index in [1.807, 2.05) is 0 Å². The summed E-state index contributed by atoms with van der Waals surface area (Å²) in [5.74, 6) is 0.816. The molecule has 1 atom stereocenters. The zero-order chi connectivity index (χ0) is 13.2. The lowest BCUT2D eigenvalue weighted by Crippen LogP contribution is -2.28. The molecular weight excluding hydrogens is 266 g/mol. The number of rotatable bonds is 2. The summed E-state index contributed by atoms with van der Waals surface area (Å²) in [5, 5.41) is 4.40. The molecule has 0 saturated carbocycles. The highest BCUT2D eigenvalue weighted by Gasteiger charge is 2.30. The fourth-order valence-corrected chi connectivity index (χ4v) is 2.51. The van der Waals surface area contributed by atoms with Crippen molar-refractivity contribution in [3.8, 4) is 0 Å². The topological polar surface area (TPSA) is 59.2 Å². The maximum absolute atomic E-state index is 12.3. The Labute approximate surface area is 115 Å². The first-order chi connectivity index (χ1) is 9.24. The summed E-state index contributed by atoms with van der Waals surface area (Å²) in [6.45, 7) is 1.31. The monoisotopic (exact) mass is 277 g/mol. The van der Waals surface area contributed by atoms with Crippen molar-refractivity contribution >= 4 is 17.5 Å². The fourth-order valence-electron chi connectivity index (χ4n) is 2.32. The van der Waals surface area contributed by atoms with Gasteiger partial charge in [0.15, 0.2) is 5.82 Å². The molecule has 1 aromatic heterocycles. The molecule has 2 aromatic rings. The summed E-state index contributed by atoms with van der Waals surface area (Å²) in [6, 6.07) is 6.99. The van der Waals surface area contributed by atoms with Crippen LogP contribution in [0.15, 0.2) is 35.2 Å². The summed E-state index contributed by atoms with van der Waals surface area (Å²) < 4.78 is 4.74. The van der Waals surface area contributed by atoms with Crippen LogP contribution < -0.4 is 0 Å². The Balaban J connectivity index is 1.73. The minimum Gasteiger partial charge on any atom is -0.343 e. The van der Waals surface area contributed by atoms with Gasteiger partial charge in [-0.1, -0.05) is 22.8 Å². The molecule has 5 nitrogen and oxygen atoms in total. The third kappa shape index (κ3) is 2.46. The predicted molar refractivity (Wildman–Crippen MR) is 69.0 cm³/mol. The van der Waals surface area contributed by atoms with Crippen LogP contribution in [0, 0.1) is 0 Å². The maximum atomic E-state index is 12.3. The lowest BCUT2D eigenvalue weighted by atomic mass is 10.1. The van der Waals surface area contributed by atoms with E-state index in [2.05, 4.69) is 10.1 Å². The minimum absolute atomic E-state index is 0.00602. The molecule has 1 aliphatic rings. The van der Waals surface area contributed by atoms with Gasteiger partial charge in [0, 0.05) is 29.6 Å². The Morgan fingerprint density at radius 3 is 3.11 bits per heavy atom. The van der Waals surface area contributed by atoms with Gasteiger partial charge in [0.05, 0.1) is 0 Å². The molecule has 98 valence electrons. The zero-order valence-electron chi connectivity index (χ0n) is 10.1. The molecule has 0 N–H and O–H groups in total. The van der Waals surface area contributed by atoms with E-state index >= 15 is 0 Å². The van der Waals surface area contributed by atoms with Gasteiger partial charge >= 0.3 is 0 Å². The second-order valence-electron chi connectivity index (χ2n) is 4.54. The smallest absolute Gasteiger partial charge is 0.253 e. The van der Waals surface area contributed by atoms with Crippen molar-refractivity contribution in [1.82, 2.24) is 15.0 Å². The Morgan fingerprint density at radius 1 is 1.47 bits per heavy atom. The molecule has 0 bridgehead atoms. The zero-order valence-corrected chi connectivity index (χ0v) is 10.9. The van der Waals surface area contributed by atoms with Gasteiger partial charge in [0.2, 0.25) is 6.39 Å². The lowest BCUT2D eigenvalue weighted by molar-refractivity contribution is 0.0790. The van der Waals surface area contributed by atoms with Crippen LogP contribution in [0.1, 0.15) is 28.5 Å². The molecule has 6 heteroatoms. The van der Waals surface area contributed by atoms with Crippen molar-refractivity contribution in [1.29, 1.82) is 0 Å². The van der Waals surface area contributed by atoms with Crippen LogP contribution in [0.3, 0.4) is 0 Å². The van der Waals surface area contributed by atoms with Crippen LogP contribution >= 0.6 is 11.6 Å². The number of hydrogen-bond donors (Lipinski definition) is 0. The summed E-state index contributed by atoms with van der Waals surface area (Å²) in [6.07, 6.45) is 2.17. The van der Waals surface area contributed by atoms with E-state index in [4.69, 9.17) is 16.1 Å². The van der Waals surface area contributed by atoms with Gasteiger partial charge in [-0.25, -0.2) is 0 Å². The first kappa shape index (κ1) is 12.2. The molecule has 1 amide bonds. The number of carbonyl (C=O) groups is 1. The minimum atomic E-state index is -0.00602. The molecule has 0 radical (unpaired) electrons. The number of aromatic nitrogens is 2. The second-order valence-corrected chi connectivity index (χ2v) is 4.97.